The minimum absolute atomic E-state index is 0.0208. The van der Waals surface area contributed by atoms with Crippen LogP contribution in [-0.2, 0) is 4.79 Å². The Hall–Kier alpha value is -1.30. The van der Waals surface area contributed by atoms with E-state index in [4.69, 9.17) is 0 Å². The third-order valence-corrected chi connectivity index (χ3v) is 6.29. The van der Waals surface area contributed by atoms with E-state index in [9.17, 15) is 9.59 Å². The zero-order valence-corrected chi connectivity index (χ0v) is 15.3. The van der Waals surface area contributed by atoms with Gasteiger partial charge in [0.2, 0.25) is 5.91 Å². The molecule has 1 aromatic heterocycles. The maximum Gasteiger partial charge on any atom is 0.274 e. The van der Waals surface area contributed by atoms with Gasteiger partial charge in [0, 0.05) is 12.5 Å². The summed E-state index contributed by atoms with van der Waals surface area (Å²) in [7, 11) is 0. The van der Waals surface area contributed by atoms with Gasteiger partial charge in [-0.05, 0) is 50.1 Å². The molecule has 132 valence electrons. The molecule has 0 saturated heterocycles. The normalized spacial score (nSPS) is 20.0. The van der Waals surface area contributed by atoms with E-state index in [1.165, 1.54) is 25.7 Å². The van der Waals surface area contributed by atoms with Crippen LogP contribution in [0.2, 0.25) is 0 Å². The molecule has 1 aromatic rings. The highest BCUT2D eigenvalue weighted by molar-refractivity contribution is 7.08. The Morgan fingerprint density at radius 1 is 1.04 bits per heavy atom. The van der Waals surface area contributed by atoms with Crippen molar-refractivity contribution in [3.05, 3.63) is 10.6 Å². The largest absolute Gasteiger partial charge is 0.277 e. The predicted octanol–water partition coefficient (Wildman–Crippen LogP) is 3.98. The van der Waals surface area contributed by atoms with Crippen molar-refractivity contribution in [1.82, 2.24) is 14.5 Å². The van der Waals surface area contributed by atoms with Crippen LogP contribution in [0.5, 0.6) is 0 Å². The molecule has 0 spiro atoms. The van der Waals surface area contributed by atoms with Gasteiger partial charge in [-0.2, -0.15) is 0 Å². The second-order valence-electron chi connectivity index (χ2n) is 7.28. The van der Waals surface area contributed by atoms with Gasteiger partial charge < -0.3 is 0 Å². The van der Waals surface area contributed by atoms with E-state index in [0.29, 0.717) is 23.0 Å². The molecule has 0 bridgehead atoms. The summed E-state index contributed by atoms with van der Waals surface area (Å²) < 4.78 is 3.88. The lowest BCUT2D eigenvalue weighted by Crippen LogP contribution is -2.44. The van der Waals surface area contributed by atoms with Crippen molar-refractivity contribution < 1.29 is 9.59 Å². The summed E-state index contributed by atoms with van der Waals surface area (Å²) in [6.45, 7) is 2.37. The first-order chi connectivity index (χ1) is 11.7. The van der Waals surface area contributed by atoms with Crippen LogP contribution >= 0.6 is 11.5 Å². The molecule has 2 amide bonds. The number of imide groups is 1. The number of rotatable bonds is 4. The molecular formula is C18H27N3O2S. The van der Waals surface area contributed by atoms with Crippen molar-refractivity contribution in [2.75, 3.05) is 6.54 Å². The van der Waals surface area contributed by atoms with Crippen LogP contribution in [-0.4, -0.2) is 32.8 Å². The smallest absolute Gasteiger partial charge is 0.274 e. The summed E-state index contributed by atoms with van der Waals surface area (Å²) in [5.74, 6) is 0.339. The van der Waals surface area contributed by atoms with Crippen LogP contribution in [0.3, 0.4) is 0 Å². The van der Waals surface area contributed by atoms with Gasteiger partial charge in [-0.3, -0.25) is 14.5 Å². The molecule has 2 fully saturated rings. The summed E-state index contributed by atoms with van der Waals surface area (Å²) in [5, 5.41) is 3.95. The number of aromatic nitrogens is 2. The molecule has 3 rings (SSSR count). The second kappa shape index (κ2) is 8.19. The molecule has 0 radical (unpaired) electrons. The number of carbonyl (C=O) groups excluding carboxylic acids is 2. The van der Waals surface area contributed by atoms with Crippen LogP contribution in [0, 0.1) is 18.8 Å². The molecule has 0 N–H and O–H groups in total. The second-order valence-corrected chi connectivity index (χ2v) is 8.03. The lowest BCUT2D eigenvalue weighted by molar-refractivity contribution is -0.134. The lowest BCUT2D eigenvalue weighted by Gasteiger charge is -2.32. The van der Waals surface area contributed by atoms with Crippen molar-refractivity contribution in [3.8, 4) is 0 Å². The Morgan fingerprint density at radius 2 is 1.67 bits per heavy atom. The van der Waals surface area contributed by atoms with E-state index in [1.54, 1.807) is 11.8 Å². The average molecular weight is 350 g/mol. The maximum atomic E-state index is 13.1. The zero-order valence-electron chi connectivity index (χ0n) is 14.5. The van der Waals surface area contributed by atoms with Crippen molar-refractivity contribution in [2.24, 2.45) is 11.8 Å². The molecule has 0 atom stereocenters. The zero-order chi connectivity index (χ0) is 16.9. The minimum Gasteiger partial charge on any atom is -0.277 e. The molecule has 1 heterocycles. The molecule has 5 nitrogen and oxygen atoms in total. The van der Waals surface area contributed by atoms with Gasteiger partial charge in [0.1, 0.15) is 4.88 Å². The summed E-state index contributed by atoms with van der Waals surface area (Å²) in [6, 6.07) is 0. The average Bonchev–Trinajstić information content (AvgIpc) is 3.06. The third kappa shape index (κ3) is 4.02. The number of hydrogen-bond donors (Lipinski definition) is 0. The van der Waals surface area contributed by atoms with E-state index < -0.39 is 0 Å². The molecule has 0 unspecified atom stereocenters. The Kier molecular flexibility index (Phi) is 5.98. The monoisotopic (exact) mass is 349 g/mol. The van der Waals surface area contributed by atoms with Gasteiger partial charge in [-0.25, -0.2) is 0 Å². The molecule has 0 aromatic carbocycles. The molecule has 2 aliphatic rings. The first kappa shape index (κ1) is 17.5. The van der Waals surface area contributed by atoms with Crippen LogP contribution in [0.1, 0.15) is 79.6 Å². The Labute approximate surface area is 148 Å². The van der Waals surface area contributed by atoms with Gasteiger partial charge >= 0.3 is 0 Å². The molecule has 24 heavy (non-hydrogen) atoms. The van der Waals surface area contributed by atoms with Crippen molar-refractivity contribution in [2.45, 2.75) is 71.1 Å². The molecule has 6 heteroatoms. The minimum atomic E-state index is -0.177. The highest BCUT2D eigenvalue weighted by Crippen LogP contribution is 2.29. The van der Waals surface area contributed by atoms with E-state index in [2.05, 4.69) is 9.59 Å². The predicted molar refractivity (Wildman–Crippen MR) is 93.8 cm³/mol. The van der Waals surface area contributed by atoms with E-state index in [0.717, 1.165) is 50.1 Å². The highest BCUT2D eigenvalue weighted by Gasteiger charge is 2.33. The fraction of sp³-hybridized carbons (Fsp3) is 0.778. The number of nitrogens with zero attached hydrogens (tertiary/aromatic N) is 3. The van der Waals surface area contributed by atoms with Crippen molar-refractivity contribution in [1.29, 1.82) is 0 Å². The molecular weight excluding hydrogens is 322 g/mol. The first-order valence-electron chi connectivity index (χ1n) is 9.31. The van der Waals surface area contributed by atoms with Crippen LogP contribution in [0.4, 0.5) is 0 Å². The van der Waals surface area contributed by atoms with Crippen molar-refractivity contribution in [3.63, 3.8) is 0 Å². The fourth-order valence-corrected chi connectivity index (χ4v) is 4.63. The van der Waals surface area contributed by atoms with Gasteiger partial charge in [0.15, 0.2) is 0 Å². The SMILES string of the molecule is Cc1nnsc1C(=O)N(CC1CCCCC1)C(=O)C1CCCCC1. The van der Waals surface area contributed by atoms with Crippen LogP contribution in [0.25, 0.3) is 0 Å². The fourth-order valence-electron chi connectivity index (χ4n) is 4.02. The number of carbonyl (C=O) groups is 2. The summed E-state index contributed by atoms with van der Waals surface area (Å²) in [6.07, 6.45) is 11.2. The summed E-state index contributed by atoms with van der Waals surface area (Å²) in [5.41, 5.74) is 0.634. The number of hydrogen-bond acceptors (Lipinski definition) is 5. The quantitative estimate of drug-likeness (QED) is 0.772. The Morgan fingerprint density at radius 3 is 2.25 bits per heavy atom. The van der Waals surface area contributed by atoms with E-state index in [-0.39, 0.29) is 17.7 Å². The van der Waals surface area contributed by atoms with Crippen LogP contribution in [0.15, 0.2) is 0 Å². The lowest BCUT2D eigenvalue weighted by atomic mass is 9.86. The van der Waals surface area contributed by atoms with E-state index >= 15 is 0 Å². The molecule has 2 saturated carbocycles. The first-order valence-corrected chi connectivity index (χ1v) is 10.1. The van der Waals surface area contributed by atoms with Gasteiger partial charge in [0.25, 0.3) is 5.91 Å². The van der Waals surface area contributed by atoms with Crippen molar-refractivity contribution >= 4 is 23.3 Å². The summed E-state index contributed by atoms with van der Waals surface area (Å²) in [4.78, 5) is 28.2. The highest BCUT2D eigenvalue weighted by atomic mass is 32.1. The molecule has 0 aliphatic heterocycles. The summed E-state index contributed by atoms with van der Waals surface area (Å²) >= 11 is 1.11. The Balaban J connectivity index is 1.77. The number of aryl methyl sites for hydroxylation is 1. The standard InChI is InChI=1S/C18H27N3O2S/c1-13-16(24-20-19-13)18(23)21(12-14-8-4-2-5-9-14)17(22)15-10-6-3-7-11-15/h14-15H,2-12H2,1H3. The third-order valence-electron chi connectivity index (χ3n) is 5.48. The van der Waals surface area contributed by atoms with Gasteiger partial charge in [-0.15, -0.1) is 5.10 Å². The van der Waals surface area contributed by atoms with Gasteiger partial charge in [0.05, 0.1) is 5.69 Å². The molecule has 2 aliphatic carbocycles. The maximum absolute atomic E-state index is 13.1. The van der Waals surface area contributed by atoms with E-state index in [1.807, 2.05) is 0 Å². The van der Waals surface area contributed by atoms with Crippen LogP contribution < -0.4 is 0 Å². The topological polar surface area (TPSA) is 63.2 Å². The number of amides is 2. The van der Waals surface area contributed by atoms with Gasteiger partial charge in [-0.1, -0.05) is 43.0 Å². The Bertz CT molecular complexity index is 575.